The highest BCUT2D eigenvalue weighted by atomic mass is 16.5. The molecule has 1 N–H and O–H groups in total. The van der Waals surface area contributed by atoms with Gasteiger partial charge in [0.25, 0.3) is 0 Å². The second-order valence-electron chi connectivity index (χ2n) is 5.24. The summed E-state index contributed by atoms with van der Waals surface area (Å²) in [5.74, 6) is -0.672. The van der Waals surface area contributed by atoms with Crippen molar-refractivity contribution in [1.29, 1.82) is 0 Å². The van der Waals surface area contributed by atoms with Crippen molar-refractivity contribution >= 4 is 5.97 Å². The Balaban J connectivity index is 2.70. The number of hydrogen-bond donors (Lipinski definition) is 1. The average Bonchev–Trinajstić information content (AvgIpc) is 2.24. The van der Waals surface area contributed by atoms with Crippen molar-refractivity contribution < 1.29 is 14.6 Å². The molecule has 1 aliphatic rings. The lowest BCUT2D eigenvalue weighted by Crippen LogP contribution is -2.51. The summed E-state index contributed by atoms with van der Waals surface area (Å²) in [6, 6.07) is 0. The Bertz CT molecular complexity index is 253. The molecule has 0 unspecified atom stereocenters. The molecule has 1 heterocycles. The highest BCUT2D eigenvalue weighted by Gasteiger charge is 2.38. The lowest BCUT2D eigenvalue weighted by Gasteiger charge is -2.40. The van der Waals surface area contributed by atoms with Crippen molar-refractivity contribution in [3.05, 3.63) is 0 Å². The zero-order valence-electron chi connectivity index (χ0n) is 11.4. The van der Waals surface area contributed by atoms with Crippen molar-refractivity contribution in [3.8, 4) is 0 Å². The van der Waals surface area contributed by atoms with Crippen LogP contribution in [0.5, 0.6) is 0 Å². The van der Waals surface area contributed by atoms with Crippen LogP contribution in [-0.2, 0) is 9.53 Å². The summed E-state index contributed by atoms with van der Waals surface area (Å²) < 4.78 is 5.67. The monoisotopic (exact) mass is 243 g/mol. The second-order valence-corrected chi connectivity index (χ2v) is 5.24. The Kier molecular flexibility index (Phi) is 4.95. The van der Waals surface area contributed by atoms with Crippen LogP contribution in [0.2, 0.25) is 0 Å². The lowest BCUT2D eigenvalue weighted by atomic mass is 9.81. The molecule has 0 amide bonds. The van der Waals surface area contributed by atoms with E-state index in [0.29, 0.717) is 19.4 Å². The molecule has 0 aromatic rings. The van der Waals surface area contributed by atoms with Gasteiger partial charge in [-0.25, -0.2) is 0 Å². The Morgan fingerprint density at radius 1 is 1.29 bits per heavy atom. The molecule has 0 bridgehead atoms. The second kappa shape index (κ2) is 5.83. The average molecular weight is 243 g/mol. The third kappa shape index (κ3) is 3.42. The van der Waals surface area contributed by atoms with E-state index in [2.05, 4.69) is 4.90 Å². The van der Waals surface area contributed by atoms with E-state index in [-0.39, 0.29) is 12.2 Å². The van der Waals surface area contributed by atoms with Gasteiger partial charge in [0.15, 0.2) is 0 Å². The van der Waals surface area contributed by atoms with Crippen LogP contribution in [0.15, 0.2) is 0 Å². The van der Waals surface area contributed by atoms with Gasteiger partial charge in [-0.3, -0.25) is 9.69 Å². The zero-order valence-corrected chi connectivity index (χ0v) is 11.4. The van der Waals surface area contributed by atoms with Gasteiger partial charge in [0.05, 0.1) is 17.6 Å². The zero-order chi connectivity index (χ0) is 13.1. The van der Waals surface area contributed by atoms with Gasteiger partial charge in [-0.15, -0.1) is 0 Å². The molecule has 4 nitrogen and oxygen atoms in total. The number of morpholine rings is 1. The maximum absolute atomic E-state index is 11.5. The minimum atomic E-state index is -0.672. The molecule has 100 valence electrons. The Hall–Kier alpha value is -0.610. The highest BCUT2D eigenvalue weighted by molar-refractivity contribution is 5.74. The molecular weight excluding hydrogens is 218 g/mol. The topological polar surface area (TPSA) is 49.8 Å². The van der Waals surface area contributed by atoms with Crippen LogP contribution < -0.4 is 0 Å². The van der Waals surface area contributed by atoms with Gasteiger partial charge < -0.3 is 9.84 Å². The quantitative estimate of drug-likeness (QED) is 0.802. The third-order valence-electron chi connectivity index (χ3n) is 3.83. The number of carboxylic acids is 1. The predicted molar refractivity (Wildman–Crippen MR) is 67.1 cm³/mol. The van der Waals surface area contributed by atoms with E-state index in [1.165, 1.54) is 0 Å². The van der Waals surface area contributed by atoms with Crippen molar-refractivity contribution in [3.63, 3.8) is 0 Å². The van der Waals surface area contributed by atoms with Crippen LogP contribution in [0.25, 0.3) is 0 Å². The molecule has 0 spiro atoms. The SMILES string of the molecule is CCC(CC)(CN1C[C@@H](C)O[C@@H](C)C1)C(=O)O. The van der Waals surface area contributed by atoms with E-state index < -0.39 is 11.4 Å². The van der Waals surface area contributed by atoms with E-state index in [1.54, 1.807) is 0 Å². The van der Waals surface area contributed by atoms with Crippen molar-refractivity contribution in [1.82, 2.24) is 4.90 Å². The molecular formula is C13H25NO3. The van der Waals surface area contributed by atoms with Crippen molar-refractivity contribution in [2.45, 2.75) is 52.7 Å². The first kappa shape index (κ1) is 14.5. The Labute approximate surface area is 104 Å². The fourth-order valence-electron chi connectivity index (χ4n) is 2.69. The number of nitrogens with zero attached hydrogens (tertiary/aromatic N) is 1. The van der Waals surface area contributed by atoms with Crippen LogP contribution >= 0.6 is 0 Å². The molecule has 2 atom stereocenters. The van der Waals surface area contributed by atoms with E-state index in [0.717, 1.165) is 13.1 Å². The van der Waals surface area contributed by atoms with Crippen molar-refractivity contribution in [2.24, 2.45) is 5.41 Å². The fourth-order valence-corrected chi connectivity index (χ4v) is 2.69. The van der Waals surface area contributed by atoms with E-state index in [4.69, 9.17) is 4.74 Å². The smallest absolute Gasteiger partial charge is 0.310 e. The number of carbonyl (C=O) groups is 1. The summed E-state index contributed by atoms with van der Waals surface area (Å²) in [4.78, 5) is 13.7. The van der Waals surface area contributed by atoms with Gasteiger partial charge in [0.2, 0.25) is 0 Å². The maximum atomic E-state index is 11.5. The number of carboxylic acid groups (broad SMARTS) is 1. The fraction of sp³-hybridized carbons (Fsp3) is 0.923. The minimum absolute atomic E-state index is 0.193. The number of rotatable bonds is 5. The van der Waals surface area contributed by atoms with E-state index in [9.17, 15) is 9.90 Å². The Morgan fingerprint density at radius 3 is 2.12 bits per heavy atom. The molecule has 0 saturated carbocycles. The summed E-state index contributed by atoms with van der Waals surface area (Å²) in [5.41, 5.74) is -0.600. The normalized spacial score (nSPS) is 27.1. The number of hydrogen-bond acceptors (Lipinski definition) is 3. The Morgan fingerprint density at radius 2 is 1.76 bits per heavy atom. The number of ether oxygens (including phenoxy) is 1. The first-order chi connectivity index (χ1) is 7.93. The van der Waals surface area contributed by atoms with Gasteiger partial charge in [-0.2, -0.15) is 0 Å². The molecule has 1 fully saturated rings. The molecule has 0 aromatic carbocycles. The van der Waals surface area contributed by atoms with Gasteiger partial charge >= 0.3 is 5.97 Å². The van der Waals surface area contributed by atoms with E-state index in [1.807, 2.05) is 27.7 Å². The number of aliphatic carboxylic acids is 1. The first-order valence-corrected chi connectivity index (χ1v) is 6.54. The molecule has 17 heavy (non-hydrogen) atoms. The molecule has 1 aliphatic heterocycles. The summed E-state index contributed by atoms with van der Waals surface area (Å²) in [5, 5.41) is 9.43. The largest absolute Gasteiger partial charge is 0.481 e. The summed E-state index contributed by atoms with van der Waals surface area (Å²) in [6.07, 6.45) is 1.75. The summed E-state index contributed by atoms with van der Waals surface area (Å²) >= 11 is 0. The maximum Gasteiger partial charge on any atom is 0.310 e. The van der Waals surface area contributed by atoms with Crippen LogP contribution in [0.1, 0.15) is 40.5 Å². The van der Waals surface area contributed by atoms with Crippen LogP contribution in [0.4, 0.5) is 0 Å². The molecule has 1 saturated heterocycles. The molecule has 0 aromatic heterocycles. The minimum Gasteiger partial charge on any atom is -0.481 e. The van der Waals surface area contributed by atoms with Crippen LogP contribution in [-0.4, -0.2) is 47.8 Å². The first-order valence-electron chi connectivity index (χ1n) is 6.54. The van der Waals surface area contributed by atoms with Gasteiger partial charge in [-0.1, -0.05) is 13.8 Å². The van der Waals surface area contributed by atoms with Crippen LogP contribution in [0, 0.1) is 5.41 Å². The summed E-state index contributed by atoms with van der Waals surface area (Å²) in [6.45, 7) is 10.3. The standard InChI is InChI=1S/C13H25NO3/c1-5-13(6-2,12(15)16)9-14-7-10(3)17-11(4)8-14/h10-11H,5-9H2,1-4H3,(H,15,16)/t10-,11+. The highest BCUT2D eigenvalue weighted by Crippen LogP contribution is 2.29. The van der Waals surface area contributed by atoms with Gasteiger partial charge in [0, 0.05) is 19.6 Å². The van der Waals surface area contributed by atoms with Gasteiger partial charge in [-0.05, 0) is 26.7 Å². The van der Waals surface area contributed by atoms with Crippen LogP contribution in [0.3, 0.4) is 0 Å². The van der Waals surface area contributed by atoms with Gasteiger partial charge in [0.1, 0.15) is 0 Å². The summed E-state index contributed by atoms with van der Waals surface area (Å²) in [7, 11) is 0. The molecule has 1 rings (SSSR count). The predicted octanol–water partition coefficient (Wildman–Crippen LogP) is 1.99. The van der Waals surface area contributed by atoms with E-state index >= 15 is 0 Å². The molecule has 0 radical (unpaired) electrons. The molecule has 0 aliphatic carbocycles. The third-order valence-corrected chi connectivity index (χ3v) is 3.83. The van der Waals surface area contributed by atoms with Crippen molar-refractivity contribution in [2.75, 3.05) is 19.6 Å². The lowest BCUT2D eigenvalue weighted by molar-refractivity contribution is -0.153. The molecule has 4 heteroatoms.